The van der Waals surface area contributed by atoms with Gasteiger partial charge in [-0.2, -0.15) is 8.75 Å². The van der Waals surface area contributed by atoms with Gasteiger partial charge in [-0.3, -0.25) is 0 Å². The number of hydrogen-bond acceptors (Lipinski definition) is 6. The Bertz CT molecular complexity index is 2140. The van der Waals surface area contributed by atoms with Gasteiger partial charge < -0.3 is 0 Å². The normalized spacial score (nSPS) is 11.4. The Morgan fingerprint density at radius 2 is 1.07 bits per heavy atom. The van der Waals surface area contributed by atoms with Crippen LogP contribution in [0, 0.1) is 0 Å². The molecule has 0 saturated heterocycles. The fourth-order valence-electron chi connectivity index (χ4n) is 5.38. The van der Waals surface area contributed by atoms with Crippen LogP contribution in [0.5, 0.6) is 0 Å². The van der Waals surface area contributed by atoms with Crippen LogP contribution in [-0.4, -0.2) is 23.7 Å². The van der Waals surface area contributed by atoms with Gasteiger partial charge in [-0.25, -0.2) is 15.0 Å². The first-order chi connectivity index (χ1) is 20.3. The lowest BCUT2D eigenvalue weighted by molar-refractivity contribution is 1.18. The van der Waals surface area contributed by atoms with Crippen LogP contribution in [0.2, 0.25) is 0 Å². The predicted octanol–water partition coefficient (Wildman–Crippen LogP) is 8.85. The number of rotatable bonds is 4. The highest BCUT2D eigenvalue weighted by Gasteiger charge is 2.17. The van der Waals surface area contributed by atoms with E-state index in [-0.39, 0.29) is 0 Å². The summed E-state index contributed by atoms with van der Waals surface area (Å²) in [5, 5.41) is 3.18. The lowest BCUT2D eigenvalue weighted by Crippen LogP contribution is -1.96. The van der Waals surface area contributed by atoms with Crippen molar-refractivity contribution in [2.75, 3.05) is 0 Å². The van der Waals surface area contributed by atoms with E-state index in [9.17, 15) is 0 Å². The Kier molecular flexibility index (Phi) is 5.57. The first kappa shape index (κ1) is 23.5. The largest absolute Gasteiger partial charge is 0.247 e. The Hall–Kier alpha value is -5.33. The summed E-state index contributed by atoms with van der Waals surface area (Å²) in [5.41, 5.74) is 9.39. The molecule has 41 heavy (non-hydrogen) atoms. The molecule has 0 spiro atoms. The van der Waals surface area contributed by atoms with Crippen LogP contribution in [0.25, 0.3) is 77.9 Å². The van der Waals surface area contributed by atoms with Gasteiger partial charge in [0.2, 0.25) is 0 Å². The van der Waals surface area contributed by atoms with Crippen molar-refractivity contribution in [2.45, 2.75) is 0 Å². The molecule has 0 fully saturated rings. The minimum absolute atomic E-state index is 0.689. The van der Waals surface area contributed by atoms with Crippen molar-refractivity contribution in [2.24, 2.45) is 0 Å². The van der Waals surface area contributed by atoms with E-state index in [1.165, 1.54) is 11.7 Å². The number of benzene rings is 5. The molecule has 5 aromatic carbocycles. The van der Waals surface area contributed by atoms with Crippen molar-refractivity contribution >= 4 is 44.4 Å². The molecule has 0 amide bonds. The second-order valence-electron chi connectivity index (χ2n) is 9.87. The molecule has 8 rings (SSSR count). The third-order valence-corrected chi connectivity index (χ3v) is 7.90. The number of fused-ring (bicyclic) bond motifs is 5. The molecule has 0 aliphatic heterocycles. The van der Waals surface area contributed by atoms with Crippen molar-refractivity contribution in [3.63, 3.8) is 0 Å². The van der Waals surface area contributed by atoms with Crippen LogP contribution >= 0.6 is 11.7 Å². The lowest BCUT2D eigenvalue weighted by atomic mass is 9.97. The molecular weight excluding hydrogens is 522 g/mol. The van der Waals surface area contributed by atoms with E-state index >= 15 is 0 Å². The molecule has 0 atom stereocenters. The van der Waals surface area contributed by atoms with E-state index in [1.807, 2.05) is 72.8 Å². The van der Waals surface area contributed by atoms with Gasteiger partial charge in [0, 0.05) is 38.4 Å². The SMILES string of the molecule is c1ccc(-c2cc(-c3ccc4c(c3)nc(-c3ccccc3)c3ccc5nsnc5c34)nc(-c3ccccc3)n2)cc1. The smallest absolute Gasteiger partial charge is 0.160 e. The lowest BCUT2D eigenvalue weighted by Gasteiger charge is -2.13. The van der Waals surface area contributed by atoms with Gasteiger partial charge in [0.1, 0.15) is 11.0 Å². The molecule has 6 heteroatoms. The molecular formula is C35H21N5S. The highest BCUT2D eigenvalue weighted by Crippen LogP contribution is 2.38. The molecule has 5 nitrogen and oxygen atoms in total. The molecule has 0 unspecified atom stereocenters. The van der Waals surface area contributed by atoms with Gasteiger partial charge in [0.05, 0.1) is 34.3 Å². The molecule has 0 aliphatic rings. The maximum Gasteiger partial charge on any atom is 0.160 e. The van der Waals surface area contributed by atoms with Gasteiger partial charge in [0.15, 0.2) is 5.82 Å². The molecule has 0 radical (unpaired) electrons. The zero-order valence-electron chi connectivity index (χ0n) is 21.8. The van der Waals surface area contributed by atoms with Crippen LogP contribution in [0.1, 0.15) is 0 Å². The van der Waals surface area contributed by atoms with E-state index in [0.29, 0.717) is 5.82 Å². The zero-order chi connectivity index (χ0) is 27.2. The second-order valence-corrected chi connectivity index (χ2v) is 10.4. The molecule has 3 aromatic heterocycles. The Labute approximate surface area is 240 Å². The standard InChI is InChI=1S/C35H21N5S/c1-4-10-22(11-5-1)29-21-30(38-35(37-29)24-14-8-3-9-15-24)25-16-17-26-31(20-25)36-33(23-12-6-2-7-13-23)27-18-19-28-34(32(26)27)40-41-39-28/h1-21H. The van der Waals surface area contributed by atoms with Crippen molar-refractivity contribution in [1.29, 1.82) is 0 Å². The van der Waals surface area contributed by atoms with Gasteiger partial charge in [0.25, 0.3) is 0 Å². The average Bonchev–Trinajstić information content (AvgIpc) is 3.54. The Morgan fingerprint density at radius 3 is 1.80 bits per heavy atom. The monoisotopic (exact) mass is 543 g/mol. The molecule has 3 heterocycles. The van der Waals surface area contributed by atoms with E-state index in [4.69, 9.17) is 15.0 Å². The van der Waals surface area contributed by atoms with E-state index in [2.05, 4.69) is 63.3 Å². The van der Waals surface area contributed by atoms with Crippen molar-refractivity contribution in [1.82, 2.24) is 23.7 Å². The fourth-order valence-corrected chi connectivity index (χ4v) is 5.92. The molecule has 8 aromatic rings. The highest BCUT2D eigenvalue weighted by molar-refractivity contribution is 7.00. The summed E-state index contributed by atoms with van der Waals surface area (Å²) in [6, 6.07) is 43.3. The molecule has 0 saturated carbocycles. The fraction of sp³-hybridized carbons (Fsp3) is 0. The second kappa shape index (κ2) is 9.70. The third kappa shape index (κ3) is 4.13. The average molecular weight is 544 g/mol. The van der Waals surface area contributed by atoms with Crippen LogP contribution < -0.4 is 0 Å². The van der Waals surface area contributed by atoms with E-state index in [0.717, 1.165) is 72.0 Å². The maximum absolute atomic E-state index is 5.22. The number of hydrogen-bond donors (Lipinski definition) is 0. The minimum atomic E-state index is 0.689. The highest BCUT2D eigenvalue weighted by atomic mass is 32.1. The quantitative estimate of drug-likeness (QED) is 0.208. The third-order valence-electron chi connectivity index (χ3n) is 7.35. The number of nitrogens with zero attached hydrogens (tertiary/aromatic N) is 5. The minimum Gasteiger partial charge on any atom is -0.247 e. The van der Waals surface area contributed by atoms with Crippen LogP contribution in [-0.2, 0) is 0 Å². The van der Waals surface area contributed by atoms with Gasteiger partial charge in [-0.1, -0.05) is 103 Å². The van der Waals surface area contributed by atoms with Gasteiger partial charge in [-0.05, 0) is 24.3 Å². The van der Waals surface area contributed by atoms with Crippen molar-refractivity contribution < 1.29 is 0 Å². The molecule has 0 bridgehead atoms. The van der Waals surface area contributed by atoms with Crippen LogP contribution in [0.3, 0.4) is 0 Å². The van der Waals surface area contributed by atoms with E-state index in [1.54, 1.807) is 0 Å². The number of pyridine rings is 1. The van der Waals surface area contributed by atoms with Crippen molar-refractivity contribution in [3.8, 4) is 45.2 Å². The summed E-state index contributed by atoms with van der Waals surface area (Å²) >= 11 is 1.24. The first-order valence-corrected chi connectivity index (χ1v) is 14.1. The zero-order valence-corrected chi connectivity index (χ0v) is 22.6. The Morgan fingerprint density at radius 1 is 0.439 bits per heavy atom. The van der Waals surface area contributed by atoms with Crippen molar-refractivity contribution in [3.05, 3.63) is 127 Å². The molecule has 0 N–H and O–H groups in total. The first-order valence-electron chi connectivity index (χ1n) is 13.4. The van der Waals surface area contributed by atoms with Gasteiger partial charge in [-0.15, -0.1) is 0 Å². The summed E-state index contributed by atoms with van der Waals surface area (Å²) in [7, 11) is 0. The summed E-state index contributed by atoms with van der Waals surface area (Å²) in [6.45, 7) is 0. The van der Waals surface area contributed by atoms with E-state index < -0.39 is 0 Å². The summed E-state index contributed by atoms with van der Waals surface area (Å²) in [4.78, 5) is 15.2. The van der Waals surface area contributed by atoms with Gasteiger partial charge >= 0.3 is 0 Å². The topological polar surface area (TPSA) is 64.5 Å². The van der Waals surface area contributed by atoms with Crippen LogP contribution in [0.15, 0.2) is 127 Å². The summed E-state index contributed by atoms with van der Waals surface area (Å²) in [5.74, 6) is 0.689. The summed E-state index contributed by atoms with van der Waals surface area (Å²) < 4.78 is 9.20. The molecule has 0 aliphatic carbocycles. The Balaban J connectivity index is 1.39. The molecule has 192 valence electrons. The number of aromatic nitrogens is 5. The summed E-state index contributed by atoms with van der Waals surface area (Å²) in [6.07, 6.45) is 0. The van der Waals surface area contributed by atoms with Crippen LogP contribution in [0.4, 0.5) is 0 Å². The predicted molar refractivity (Wildman–Crippen MR) is 168 cm³/mol. The maximum atomic E-state index is 5.22.